The van der Waals surface area contributed by atoms with Gasteiger partial charge < -0.3 is 14.6 Å². The average molecular weight is 345 g/mol. The molecule has 24 heavy (non-hydrogen) atoms. The van der Waals surface area contributed by atoms with E-state index in [1.807, 2.05) is 4.90 Å². The van der Waals surface area contributed by atoms with E-state index in [2.05, 4.69) is 4.74 Å². The van der Waals surface area contributed by atoms with Gasteiger partial charge in [0.25, 0.3) is 0 Å². The topological polar surface area (TPSA) is 59.0 Å². The smallest absolute Gasteiger partial charge is 0.481 e. The van der Waals surface area contributed by atoms with Crippen LogP contribution in [-0.2, 0) is 9.53 Å². The van der Waals surface area contributed by atoms with E-state index in [-0.39, 0.29) is 5.75 Å². The Morgan fingerprint density at radius 3 is 2.79 bits per heavy atom. The average Bonchev–Trinajstić information content (AvgIpc) is 3.27. The third kappa shape index (κ3) is 3.99. The standard InChI is InChI=1S/C16H18F3NO4/c17-16(18,19)24-12-3-1-2-11(8-12)13-9-20(6-7-23-13)10-15(4-5-15)14(21)22/h1-3,8,13H,4-7,9-10H2,(H,21,22). The molecule has 1 aromatic rings. The molecule has 1 saturated carbocycles. The Hall–Kier alpha value is -1.80. The first-order valence-corrected chi connectivity index (χ1v) is 7.70. The molecule has 2 fully saturated rings. The molecular formula is C16H18F3NO4. The van der Waals surface area contributed by atoms with Crippen LogP contribution in [0.25, 0.3) is 0 Å². The maximum Gasteiger partial charge on any atom is 0.573 e. The van der Waals surface area contributed by atoms with E-state index in [0.717, 1.165) is 0 Å². The van der Waals surface area contributed by atoms with Gasteiger partial charge in [-0.15, -0.1) is 13.2 Å². The Bertz CT molecular complexity index is 616. The highest BCUT2D eigenvalue weighted by molar-refractivity contribution is 5.78. The highest BCUT2D eigenvalue weighted by Gasteiger charge is 2.51. The number of halogens is 3. The number of nitrogens with zero attached hydrogens (tertiary/aromatic N) is 1. The Morgan fingerprint density at radius 2 is 2.17 bits per heavy atom. The summed E-state index contributed by atoms with van der Waals surface area (Å²) >= 11 is 0. The van der Waals surface area contributed by atoms with E-state index in [9.17, 15) is 23.1 Å². The molecule has 0 radical (unpaired) electrons. The molecule has 1 heterocycles. The lowest BCUT2D eigenvalue weighted by molar-refractivity contribution is -0.274. The third-order valence-electron chi connectivity index (χ3n) is 4.45. The fourth-order valence-electron chi connectivity index (χ4n) is 2.98. The predicted octanol–water partition coefficient (Wildman–Crippen LogP) is 2.82. The van der Waals surface area contributed by atoms with Gasteiger partial charge in [0.05, 0.1) is 18.1 Å². The summed E-state index contributed by atoms with van der Waals surface area (Å²) in [5, 5.41) is 9.28. The molecule has 5 nitrogen and oxygen atoms in total. The van der Waals surface area contributed by atoms with Crippen molar-refractivity contribution < 1.29 is 32.5 Å². The van der Waals surface area contributed by atoms with Gasteiger partial charge in [-0.2, -0.15) is 0 Å². The summed E-state index contributed by atoms with van der Waals surface area (Å²) in [7, 11) is 0. The second-order valence-corrected chi connectivity index (χ2v) is 6.30. The van der Waals surface area contributed by atoms with Crippen LogP contribution in [-0.4, -0.2) is 48.6 Å². The number of alkyl halides is 3. The van der Waals surface area contributed by atoms with Crippen molar-refractivity contribution in [2.75, 3.05) is 26.2 Å². The van der Waals surface area contributed by atoms with E-state index in [1.165, 1.54) is 18.2 Å². The molecule has 1 unspecified atom stereocenters. The SMILES string of the molecule is O=C(O)C1(CN2CCOC(c3cccc(OC(F)(F)F)c3)C2)CC1. The van der Waals surface area contributed by atoms with Crippen molar-refractivity contribution in [2.45, 2.75) is 25.3 Å². The first-order valence-electron chi connectivity index (χ1n) is 7.70. The van der Waals surface area contributed by atoms with Crippen LogP contribution in [0.1, 0.15) is 24.5 Å². The largest absolute Gasteiger partial charge is 0.573 e. The Kier molecular flexibility index (Phi) is 4.44. The molecule has 2 aliphatic rings. The maximum atomic E-state index is 12.3. The first kappa shape index (κ1) is 17.0. The summed E-state index contributed by atoms with van der Waals surface area (Å²) in [6.45, 7) is 1.92. The molecular weight excluding hydrogens is 327 g/mol. The summed E-state index contributed by atoms with van der Waals surface area (Å²) in [4.78, 5) is 13.3. The minimum Gasteiger partial charge on any atom is -0.481 e. The number of morpholine rings is 1. The second kappa shape index (κ2) is 6.25. The molecule has 0 spiro atoms. The number of ether oxygens (including phenoxy) is 2. The van der Waals surface area contributed by atoms with Gasteiger partial charge in [-0.05, 0) is 30.5 Å². The lowest BCUT2D eigenvalue weighted by atomic mass is 10.0. The Balaban J connectivity index is 1.66. The lowest BCUT2D eigenvalue weighted by Crippen LogP contribution is -2.43. The Morgan fingerprint density at radius 1 is 1.42 bits per heavy atom. The number of hydrogen-bond donors (Lipinski definition) is 1. The molecule has 8 heteroatoms. The predicted molar refractivity (Wildman–Crippen MR) is 77.6 cm³/mol. The van der Waals surface area contributed by atoms with Gasteiger partial charge in [0.2, 0.25) is 0 Å². The number of aliphatic carboxylic acids is 1. The van der Waals surface area contributed by atoms with Crippen LogP contribution in [0.5, 0.6) is 5.75 Å². The molecule has 0 amide bonds. The van der Waals surface area contributed by atoms with Gasteiger partial charge in [-0.1, -0.05) is 12.1 Å². The normalized spacial score (nSPS) is 23.7. The number of carboxylic acid groups (broad SMARTS) is 1. The fraction of sp³-hybridized carbons (Fsp3) is 0.562. The molecule has 1 N–H and O–H groups in total. The molecule has 1 atom stereocenters. The van der Waals surface area contributed by atoms with Crippen molar-refractivity contribution in [3.05, 3.63) is 29.8 Å². The van der Waals surface area contributed by atoms with Crippen molar-refractivity contribution >= 4 is 5.97 Å². The number of benzene rings is 1. The molecule has 1 saturated heterocycles. The number of hydrogen-bond acceptors (Lipinski definition) is 4. The van der Waals surface area contributed by atoms with Crippen molar-refractivity contribution in [1.82, 2.24) is 4.90 Å². The quantitative estimate of drug-likeness (QED) is 0.889. The van der Waals surface area contributed by atoms with Crippen LogP contribution in [0.4, 0.5) is 13.2 Å². The van der Waals surface area contributed by atoms with Crippen molar-refractivity contribution in [1.29, 1.82) is 0 Å². The van der Waals surface area contributed by atoms with E-state index in [4.69, 9.17) is 4.74 Å². The van der Waals surface area contributed by atoms with Crippen LogP contribution in [0.3, 0.4) is 0 Å². The zero-order chi connectivity index (χ0) is 17.4. The lowest BCUT2D eigenvalue weighted by Gasteiger charge is -2.34. The van der Waals surface area contributed by atoms with E-state index in [0.29, 0.717) is 44.6 Å². The van der Waals surface area contributed by atoms with Crippen molar-refractivity contribution in [3.63, 3.8) is 0 Å². The van der Waals surface area contributed by atoms with Gasteiger partial charge in [-0.3, -0.25) is 9.69 Å². The first-order chi connectivity index (χ1) is 11.3. The zero-order valence-corrected chi connectivity index (χ0v) is 12.9. The van der Waals surface area contributed by atoms with Gasteiger partial charge in [0.1, 0.15) is 5.75 Å². The van der Waals surface area contributed by atoms with E-state index < -0.39 is 23.9 Å². The maximum absolute atomic E-state index is 12.3. The van der Waals surface area contributed by atoms with Crippen LogP contribution < -0.4 is 4.74 Å². The highest BCUT2D eigenvalue weighted by atomic mass is 19.4. The third-order valence-corrected chi connectivity index (χ3v) is 4.45. The van der Waals surface area contributed by atoms with Gasteiger partial charge in [0.15, 0.2) is 0 Å². The number of rotatable bonds is 5. The molecule has 3 rings (SSSR count). The zero-order valence-electron chi connectivity index (χ0n) is 12.9. The second-order valence-electron chi connectivity index (χ2n) is 6.30. The van der Waals surface area contributed by atoms with Crippen LogP contribution in [0, 0.1) is 5.41 Å². The van der Waals surface area contributed by atoms with Crippen LogP contribution in [0.2, 0.25) is 0 Å². The monoisotopic (exact) mass is 345 g/mol. The van der Waals surface area contributed by atoms with Crippen molar-refractivity contribution in [2.24, 2.45) is 5.41 Å². The molecule has 1 aliphatic carbocycles. The summed E-state index contributed by atoms with van der Waals surface area (Å²) < 4.78 is 46.6. The molecule has 0 aromatic heterocycles. The number of carbonyl (C=O) groups is 1. The fourth-order valence-corrected chi connectivity index (χ4v) is 2.98. The van der Waals surface area contributed by atoms with E-state index in [1.54, 1.807) is 6.07 Å². The summed E-state index contributed by atoms with van der Waals surface area (Å²) in [6.07, 6.45) is -3.81. The minimum absolute atomic E-state index is 0.287. The van der Waals surface area contributed by atoms with Gasteiger partial charge >= 0.3 is 12.3 Å². The van der Waals surface area contributed by atoms with Gasteiger partial charge in [0, 0.05) is 19.6 Å². The Labute approximate surface area is 137 Å². The molecule has 1 aliphatic heterocycles. The summed E-state index contributed by atoms with van der Waals surface area (Å²) in [5.74, 6) is -1.07. The molecule has 1 aromatic carbocycles. The molecule has 132 valence electrons. The minimum atomic E-state index is -4.74. The summed E-state index contributed by atoms with van der Waals surface area (Å²) in [6, 6.07) is 5.72. The van der Waals surface area contributed by atoms with Gasteiger partial charge in [-0.25, -0.2) is 0 Å². The van der Waals surface area contributed by atoms with Crippen LogP contribution in [0.15, 0.2) is 24.3 Å². The van der Waals surface area contributed by atoms with Crippen LogP contribution >= 0.6 is 0 Å². The highest BCUT2D eigenvalue weighted by Crippen LogP contribution is 2.47. The molecule has 0 bridgehead atoms. The van der Waals surface area contributed by atoms with Crippen molar-refractivity contribution in [3.8, 4) is 5.75 Å². The van der Waals surface area contributed by atoms with E-state index >= 15 is 0 Å². The summed E-state index contributed by atoms with van der Waals surface area (Å²) in [5.41, 5.74) is -0.0787. The number of carboxylic acids is 1.